The summed E-state index contributed by atoms with van der Waals surface area (Å²) >= 11 is 12.2. The van der Waals surface area contributed by atoms with E-state index in [1.165, 1.54) is 36.4 Å². The second-order valence-corrected chi connectivity index (χ2v) is 9.50. The van der Waals surface area contributed by atoms with Gasteiger partial charge in [0.2, 0.25) is 0 Å². The highest BCUT2D eigenvalue weighted by Gasteiger charge is 2.19. The average Bonchev–Trinajstić information content (AvgIpc) is 2.75. The first-order valence-corrected chi connectivity index (χ1v) is 11.4. The predicted molar refractivity (Wildman–Crippen MR) is 118 cm³/mol. The van der Waals surface area contributed by atoms with Gasteiger partial charge in [0.25, 0.3) is 5.91 Å². The van der Waals surface area contributed by atoms with Crippen molar-refractivity contribution in [3.63, 3.8) is 0 Å². The molecule has 0 unspecified atom stereocenters. The van der Waals surface area contributed by atoms with Crippen LogP contribution < -0.4 is 5.32 Å². The van der Waals surface area contributed by atoms with Crippen molar-refractivity contribution < 1.29 is 18.0 Å². The van der Waals surface area contributed by atoms with Gasteiger partial charge >= 0.3 is 0 Å². The van der Waals surface area contributed by atoms with Gasteiger partial charge in [0, 0.05) is 21.7 Å². The molecule has 1 N–H and O–H groups in total. The van der Waals surface area contributed by atoms with Gasteiger partial charge in [0.1, 0.15) is 0 Å². The topological polar surface area (TPSA) is 80.3 Å². The third kappa shape index (κ3) is 4.73. The van der Waals surface area contributed by atoms with Gasteiger partial charge in [-0.25, -0.2) is 8.42 Å². The first-order chi connectivity index (χ1) is 14.2. The van der Waals surface area contributed by atoms with E-state index in [0.29, 0.717) is 5.02 Å². The van der Waals surface area contributed by atoms with Crippen LogP contribution in [0.3, 0.4) is 0 Å². The SMILES string of the molecule is CCS(=O)(=O)c1ccc(C(=O)Nc2ccc(Cl)cc2C(=O)c2ccccc2Cl)cc1. The Morgan fingerprint density at radius 1 is 0.900 bits per heavy atom. The third-order valence-electron chi connectivity index (χ3n) is 4.45. The van der Waals surface area contributed by atoms with Crippen LogP contribution in [0.25, 0.3) is 0 Å². The van der Waals surface area contributed by atoms with E-state index < -0.39 is 15.7 Å². The van der Waals surface area contributed by atoms with E-state index in [1.807, 2.05) is 0 Å². The summed E-state index contributed by atoms with van der Waals surface area (Å²) in [6.45, 7) is 1.55. The lowest BCUT2D eigenvalue weighted by Crippen LogP contribution is -2.15. The molecule has 1 amide bonds. The molecular formula is C22H17Cl2NO4S. The highest BCUT2D eigenvalue weighted by Crippen LogP contribution is 2.27. The molecular weight excluding hydrogens is 445 g/mol. The second kappa shape index (κ2) is 9.00. The largest absolute Gasteiger partial charge is 0.321 e. The number of benzene rings is 3. The molecule has 0 bridgehead atoms. The number of rotatable bonds is 6. The molecule has 0 spiro atoms. The van der Waals surface area contributed by atoms with E-state index in [4.69, 9.17) is 23.2 Å². The Morgan fingerprint density at radius 3 is 2.20 bits per heavy atom. The number of anilines is 1. The zero-order chi connectivity index (χ0) is 21.9. The molecule has 3 aromatic rings. The molecule has 3 aromatic carbocycles. The van der Waals surface area contributed by atoms with Crippen LogP contribution in [0.15, 0.2) is 71.6 Å². The predicted octanol–water partition coefficient (Wildman–Crippen LogP) is 5.27. The number of nitrogens with one attached hydrogen (secondary N) is 1. The molecule has 0 atom stereocenters. The fourth-order valence-electron chi connectivity index (χ4n) is 2.78. The Bertz CT molecular complexity index is 1220. The monoisotopic (exact) mass is 461 g/mol. The standard InChI is InChI=1S/C22H17Cl2NO4S/c1-2-30(28,29)16-10-7-14(8-11-16)22(27)25-20-12-9-15(23)13-18(20)21(26)17-5-3-4-6-19(17)24/h3-13H,2H2,1H3,(H,25,27). The summed E-state index contributed by atoms with van der Waals surface area (Å²) in [5.41, 5.74) is 0.982. The fourth-order valence-corrected chi connectivity index (χ4v) is 4.06. The number of halogens is 2. The van der Waals surface area contributed by atoms with Gasteiger partial charge in [-0.05, 0) is 54.6 Å². The van der Waals surface area contributed by atoms with Crippen molar-refractivity contribution >= 4 is 50.4 Å². The van der Waals surface area contributed by atoms with Crippen molar-refractivity contribution in [1.82, 2.24) is 0 Å². The number of amides is 1. The molecule has 30 heavy (non-hydrogen) atoms. The molecule has 0 heterocycles. The van der Waals surface area contributed by atoms with E-state index in [9.17, 15) is 18.0 Å². The van der Waals surface area contributed by atoms with Crippen LogP contribution in [-0.4, -0.2) is 25.9 Å². The normalized spacial score (nSPS) is 11.2. The molecule has 0 aromatic heterocycles. The fraction of sp³-hybridized carbons (Fsp3) is 0.0909. The zero-order valence-electron chi connectivity index (χ0n) is 15.9. The van der Waals surface area contributed by atoms with Crippen LogP contribution in [0, 0.1) is 0 Å². The van der Waals surface area contributed by atoms with Gasteiger partial charge in [0.15, 0.2) is 15.6 Å². The van der Waals surface area contributed by atoms with Crippen LogP contribution in [0.4, 0.5) is 5.69 Å². The number of ketones is 1. The number of hydrogen-bond donors (Lipinski definition) is 1. The molecule has 0 aliphatic carbocycles. The van der Waals surface area contributed by atoms with E-state index in [1.54, 1.807) is 37.3 Å². The van der Waals surface area contributed by atoms with Crippen molar-refractivity contribution in [2.45, 2.75) is 11.8 Å². The maximum Gasteiger partial charge on any atom is 0.255 e. The number of carbonyl (C=O) groups is 2. The van der Waals surface area contributed by atoms with Gasteiger partial charge in [0.05, 0.1) is 21.4 Å². The zero-order valence-corrected chi connectivity index (χ0v) is 18.2. The maximum absolute atomic E-state index is 13.0. The Morgan fingerprint density at radius 2 is 1.57 bits per heavy atom. The van der Waals surface area contributed by atoms with Crippen molar-refractivity contribution in [3.05, 3.63) is 93.5 Å². The molecule has 0 radical (unpaired) electrons. The molecule has 5 nitrogen and oxygen atoms in total. The molecule has 0 saturated heterocycles. The van der Waals surface area contributed by atoms with Gasteiger partial charge in [-0.15, -0.1) is 0 Å². The first kappa shape index (κ1) is 22.0. The van der Waals surface area contributed by atoms with Crippen LogP contribution in [0.2, 0.25) is 10.0 Å². The quantitative estimate of drug-likeness (QED) is 0.506. The second-order valence-electron chi connectivity index (χ2n) is 6.38. The highest BCUT2D eigenvalue weighted by molar-refractivity contribution is 7.91. The van der Waals surface area contributed by atoms with Crippen LogP contribution in [-0.2, 0) is 9.84 Å². The van der Waals surface area contributed by atoms with E-state index in [-0.39, 0.29) is 43.8 Å². The maximum atomic E-state index is 13.0. The van der Waals surface area contributed by atoms with Gasteiger partial charge in [-0.3, -0.25) is 9.59 Å². The summed E-state index contributed by atoms with van der Waals surface area (Å²) in [5, 5.41) is 3.30. The van der Waals surface area contributed by atoms with Gasteiger partial charge in [-0.2, -0.15) is 0 Å². The van der Waals surface area contributed by atoms with E-state index >= 15 is 0 Å². The lowest BCUT2D eigenvalue weighted by molar-refractivity contribution is 0.102. The number of hydrogen-bond acceptors (Lipinski definition) is 4. The van der Waals surface area contributed by atoms with Crippen molar-refractivity contribution in [2.75, 3.05) is 11.1 Å². The molecule has 154 valence electrons. The summed E-state index contributed by atoms with van der Waals surface area (Å²) in [5.74, 6) is -0.912. The van der Waals surface area contributed by atoms with Crippen molar-refractivity contribution in [3.8, 4) is 0 Å². The Kier molecular flexibility index (Phi) is 6.61. The summed E-state index contributed by atoms with van der Waals surface area (Å²) in [7, 11) is -3.36. The Labute approximate surface area is 184 Å². The molecule has 3 rings (SSSR count). The summed E-state index contributed by atoms with van der Waals surface area (Å²) < 4.78 is 23.9. The third-order valence-corrected chi connectivity index (χ3v) is 6.76. The van der Waals surface area contributed by atoms with Gasteiger partial charge < -0.3 is 5.32 Å². The Balaban J connectivity index is 1.91. The molecule has 0 aliphatic heterocycles. The molecule has 0 aliphatic rings. The lowest BCUT2D eigenvalue weighted by Gasteiger charge is -2.12. The van der Waals surface area contributed by atoms with Gasteiger partial charge in [-0.1, -0.05) is 42.3 Å². The first-order valence-electron chi connectivity index (χ1n) is 8.96. The highest BCUT2D eigenvalue weighted by atomic mass is 35.5. The Hall–Kier alpha value is -2.67. The summed E-state index contributed by atoms with van der Waals surface area (Å²) in [4.78, 5) is 25.8. The number of carbonyl (C=O) groups excluding carboxylic acids is 2. The van der Waals surface area contributed by atoms with Crippen molar-refractivity contribution in [1.29, 1.82) is 0 Å². The van der Waals surface area contributed by atoms with E-state index in [2.05, 4.69) is 5.32 Å². The minimum atomic E-state index is -3.36. The smallest absolute Gasteiger partial charge is 0.255 e. The van der Waals surface area contributed by atoms with Crippen LogP contribution >= 0.6 is 23.2 Å². The minimum Gasteiger partial charge on any atom is -0.321 e. The van der Waals surface area contributed by atoms with Crippen molar-refractivity contribution in [2.24, 2.45) is 0 Å². The van der Waals surface area contributed by atoms with Crippen LogP contribution in [0.1, 0.15) is 33.2 Å². The number of sulfone groups is 1. The average molecular weight is 462 g/mol. The minimum absolute atomic E-state index is 0.0309. The summed E-state index contributed by atoms with van der Waals surface area (Å²) in [6, 6.07) is 16.7. The molecule has 8 heteroatoms. The van der Waals surface area contributed by atoms with Crippen LogP contribution in [0.5, 0.6) is 0 Å². The summed E-state index contributed by atoms with van der Waals surface area (Å²) in [6.07, 6.45) is 0. The molecule has 0 saturated carbocycles. The molecule has 0 fully saturated rings. The lowest BCUT2D eigenvalue weighted by atomic mass is 10.0. The van der Waals surface area contributed by atoms with E-state index in [0.717, 1.165) is 0 Å².